The largest absolute Gasteiger partial charge is 0.333 e. The van der Waals surface area contributed by atoms with Crippen LogP contribution in [0.25, 0.3) is 22.2 Å². The average molecular weight is 395 g/mol. The van der Waals surface area contributed by atoms with Crippen LogP contribution in [0.1, 0.15) is 25.1 Å². The number of rotatable bonds is 6. The van der Waals surface area contributed by atoms with Gasteiger partial charge in [0, 0.05) is 16.5 Å². The molecule has 138 valence electrons. The molecule has 0 bridgehead atoms. The molecule has 2 aromatic heterocycles. The maximum atomic E-state index is 13.0. The first-order valence-corrected chi connectivity index (χ1v) is 10.3. The van der Waals surface area contributed by atoms with Crippen molar-refractivity contribution in [3.05, 3.63) is 41.0 Å². The number of thiophene rings is 1. The van der Waals surface area contributed by atoms with E-state index in [1.54, 1.807) is 19.1 Å². The van der Waals surface area contributed by atoms with Crippen molar-refractivity contribution in [2.45, 2.75) is 38.1 Å². The van der Waals surface area contributed by atoms with E-state index in [1.165, 1.54) is 29.5 Å². The van der Waals surface area contributed by atoms with Crippen LogP contribution >= 0.6 is 11.3 Å². The van der Waals surface area contributed by atoms with Crippen LogP contribution in [0.2, 0.25) is 0 Å². The Morgan fingerprint density at radius 2 is 2.00 bits per heavy atom. The predicted molar refractivity (Wildman–Crippen MR) is 97.8 cm³/mol. The number of nitrogens with zero attached hydrogens (tertiary/aromatic N) is 2. The van der Waals surface area contributed by atoms with Gasteiger partial charge in [-0.1, -0.05) is 12.1 Å². The van der Waals surface area contributed by atoms with E-state index < -0.39 is 10.0 Å². The summed E-state index contributed by atoms with van der Waals surface area (Å²) in [5.41, 5.74) is 0.612. The maximum Gasteiger partial charge on any atom is 0.268 e. The zero-order valence-electron chi connectivity index (χ0n) is 14.5. The second kappa shape index (κ2) is 7.26. The third kappa shape index (κ3) is 3.84. The fraction of sp³-hybridized carbons (Fsp3) is 0.294. The van der Waals surface area contributed by atoms with Crippen molar-refractivity contribution in [2.24, 2.45) is 0 Å². The Morgan fingerprint density at radius 1 is 1.31 bits per heavy atom. The Balaban J connectivity index is 1.91. The topological polar surface area (TPSA) is 85.1 Å². The molecule has 1 atom stereocenters. The molecule has 1 N–H and O–H groups in total. The minimum Gasteiger partial charge on any atom is -0.333 e. The molecule has 3 aromatic rings. The van der Waals surface area contributed by atoms with Crippen molar-refractivity contribution in [3.63, 3.8) is 0 Å². The Labute approximate surface area is 155 Å². The predicted octanol–water partition coefficient (Wildman–Crippen LogP) is 3.99. The van der Waals surface area contributed by atoms with E-state index in [1.807, 2.05) is 13.8 Å². The Bertz CT molecular complexity index is 1010. The van der Waals surface area contributed by atoms with E-state index >= 15 is 0 Å². The van der Waals surface area contributed by atoms with Crippen LogP contribution in [-0.4, -0.2) is 24.6 Å². The molecular formula is C17H18FN3O3S2. The molecule has 1 aromatic carbocycles. The van der Waals surface area contributed by atoms with Crippen LogP contribution in [0.4, 0.5) is 4.39 Å². The Morgan fingerprint density at radius 3 is 2.65 bits per heavy atom. The molecule has 6 nitrogen and oxygen atoms in total. The summed E-state index contributed by atoms with van der Waals surface area (Å²) in [6.45, 7) is 5.46. The highest BCUT2D eigenvalue weighted by Gasteiger charge is 2.24. The van der Waals surface area contributed by atoms with Gasteiger partial charge in [0.15, 0.2) is 0 Å². The highest BCUT2D eigenvalue weighted by molar-refractivity contribution is 7.89. The average Bonchev–Trinajstić information content (AvgIpc) is 3.22. The van der Waals surface area contributed by atoms with Gasteiger partial charge in [-0.25, -0.2) is 17.5 Å². The molecule has 0 fully saturated rings. The number of aryl methyl sites for hydroxylation is 1. The molecule has 0 saturated heterocycles. The third-order valence-corrected chi connectivity index (χ3v) is 6.75. The SMILES string of the molecule is CCC(C)NS(=O)(=O)c1cc(-c2nc(-c3ccc(F)cc3)no2)sc1C. The number of halogens is 1. The van der Waals surface area contributed by atoms with Gasteiger partial charge < -0.3 is 4.52 Å². The normalized spacial score (nSPS) is 13.1. The molecular weight excluding hydrogens is 377 g/mol. The van der Waals surface area contributed by atoms with Crippen molar-refractivity contribution in [1.82, 2.24) is 14.9 Å². The fourth-order valence-electron chi connectivity index (χ4n) is 2.29. The monoisotopic (exact) mass is 395 g/mol. The van der Waals surface area contributed by atoms with Crippen LogP contribution in [0.3, 0.4) is 0 Å². The van der Waals surface area contributed by atoms with Gasteiger partial charge in [0.05, 0.1) is 9.77 Å². The number of hydrogen-bond donors (Lipinski definition) is 1. The smallest absolute Gasteiger partial charge is 0.268 e. The lowest BCUT2D eigenvalue weighted by molar-refractivity contribution is 0.433. The molecule has 2 heterocycles. The van der Waals surface area contributed by atoms with E-state index in [4.69, 9.17) is 4.52 Å². The first-order valence-electron chi connectivity index (χ1n) is 8.03. The van der Waals surface area contributed by atoms with E-state index in [9.17, 15) is 12.8 Å². The summed E-state index contributed by atoms with van der Waals surface area (Å²) in [6, 6.07) is 7.10. The number of aromatic nitrogens is 2. The van der Waals surface area contributed by atoms with Crippen molar-refractivity contribution in [1.29, 1.82) is 0 Å². The summed E-state index contributed by atoms with van der Waals surface area (Å²) in [5, 5.41) is 3.89. The highest BCUT2D eigenvalue weighted by Crippen LogP contribution is 2.33. The van der Waals surface area contributed by atoms with Crippen molar-refractivity contribution in [2.75, 3.05) is 0 Å². The van der Waals surface area contributed by atoms with Gasteiger partial charge in [0.2, 0.25) is 15.8 Å². The van der Waals surface area contributed by atoms with E-state index in [-0.39, 0.29) is 22.6 Å². The van der Waals surface area contributed by atoms with Crippen LogP contribution in [0.5, 0.6) is 0 Å². The summed E-state index contributed by atoms with van der Waals surface area (Å²) < 4.78 is 46.0. The summed E-state index contributed by atoms with van der Waals surface area (Å²) in [4.78, 5) is 5.70. The highest BCUT2D eigenvalue weighted by atomic mass is 32.2. The van der Waals surface area contributed by atoms with E-state index in [0.29, 0.717) is 27.6 Å². The maximum absolute atomic E-state index is 13.0. The summed E-state index contributed by atoms with van der Waals surface area (Å²) in [6.07, 6.45) is 0.694. The molecule has 9 heteroatoms. The third-order valence-electron chi connectivity index (χ3n) is 3.87. The number of nitrogens with one attached hydrogen (secondary N) is 1. The molecule has 0 aliphatic rings. The minimum atomic E-state index is -3.61. The van der Waals surface area contributed by atoms with Gasteiger partial charge in [-0.05, 0) is 50.6 Å². The van der Waals surface area contributed by atoms with Gasteiger partial charge in [-0.15, -0.1) is 11.3 Å². The van der Waals surface area contributed by atoms with Crippen LogP contribution in [0, 0.1) is 12.7 Å². The first-order chi connectivity index (χ1) is 12.3. The Hall–Kier alpha value is -2.10. The van der Waals surface area contributed by atoms with Gasteiger partial charge in [0.1, 0.15) is 5.82 Å². The molecule has 0 aliphatic heterocycles. The molecule has 0 spiro atoms. The molecule has 0 saturated carbocycles. The van der Waals surface area contributed by atoms with Gasteiger partial charge in [-0.3, -0.25) is 0 Å². The van der Waals surface area contributed by atoms with Crippen molar-refractivity contribution in [3.8, 4) is 22.2 Å². The number of hydrogen-bond acceptors (Lipinski definition) is 6. The molecule has 3 rings (SSSR count). The van der Waals surface area contributed by atoms with Crippen LogP contribution in [0.15, 0.2) is 39.8 Å². The molecule has 0 aliphatic carbocycles. The lowest BCUT2D eigenvalue weighted by Gasteiger charge is -2.11. The first kappa shape index (κ1) is 18.7. The zero-order valence-corrected chi connectivity index (χ0v) is 16.1. The van der Waals surface area contributed by atoms with Crippen LogP contribution < -0.4 is 4.72 Å². The molecule has 0 amide bonds. The van der Waals surface area contributed by atoms with Gasteiger partial charge >= 0.3 is 0 Å². The molecule has 26 heavy (non-hydrogen) atoms. The summed E-state index contributed by atoms with van der Waals surface area (Å²) in [7, 11) is -3.61. The quantitative estimate of drug-likeness (QED) is 0.682. The van der Waals surface area contributed by atoms with Crippen molar-refractivity contribution >= 4 is 21.4 Å². The van der Waals surface area contributed by atoms with Crippen molar-refractivity contribution < 1.29 is 17.3 Å². The standard InChI is InChI=1S/C17H18FN3O3S2/c1-4-10(2)21-26(22,23)15-9-14(25-11(15)3)17-19-16(20-24-17)12-5-7-13(18)8-6-12/h5-10,21H,4H2,1-3H3. The van der Waals surface area contributed by atoms with Gasteiger partial charge in [-0.2, -0.15) is 4.98 Å². The fourth-order valence-corrected chi connectivity index (χ4v) is 5.13. The van der Waals surface area contributed by atoms with E-state index in [2.05, 4.69) is 14.9 Å². The molecule has 0 radical (unpaired) electrons. The Kier molecular flexibility index (Phi) is 5.22. The van der Waals surface area contributed by atoms with E-state index in [0.717, 1.165) is 0 Å². The lowest BCUT2D eigenvalue weighted by Crippen LogP contribution is -2.32. The zero-order chi connectivity index (χ0) is 18.9. The van der Waals surface area contributed by atoms with Crippen LogP contribution in [-0.2, 0) is 10.0 Å². The summed E-state index contributed by atoms with van der Waals surface area (Å²) in [5.74, 6) is 0.186. The van der Waals surface area contributed by atoms with Gasteiger partial charge in [0.25, 0.3) is 5.89 Å². The molecule has 1 unspecified atom stereocenters. The summed E-state index contributed by atoms with van der Waals surface area (Å²) >= 11 is 1.26. The number of sulfonamides is 1. The lowest BCUT2D eigenvalue weighted by atomic mass is 10.2. The second-order valence-corrected chi connectivity index (χ2v) is 8.83. The minimum absolute atomic E-state index is 0.156. The number of benzene rings is 1. The second-order valence-electron chi connectivity index (χ2n) is 5.89.